The minimum Gasteiger partial charge on any atom is -0.370 e. The lowest BCUT2D eigenvalue weighted by atomic mass is 10.0. The van der Waals surface area contributed by atoms with Gasteiger partial charge in [-0.3, -0.25) is 4.79 Å². The second kappa shape index (κ2) is 8.61. The zero-order chi connectivity index (χ0) is 22.1. The zero-order valence-corrected chi connectivity index (χ0v) is 18.2. The van der Waals surface area contributed by atoms with Gasteiger partial charge in [-0.2, -0.15) is 5.10 Å². The number of amides is 1. The van der Waals surface area contributed by atoms with Crippen LogP contribution < -0.4 is 16.0 Å². The van der Waals surface area contributed by atoms with Crippen LogP contribution in [0.3, 0.4) is 0 Å². The van der Waals surface area contributed by atoms with Crippen molar-refractivity contribution in [1.82, 2.24) is 14.6 Å². The molecular weight excluding hydrogens is 424 g/mol. The van der Waals surface area contributed by atoms with Crippen molar-refractivity contribution in [3.05, 3.63) is 77.7 Å². The highest BCUT2D eigenvalue weighted by Crippen LogP contribution is 2.29. The minimum absolute atomic E-state index is 0.244. The number of para-hydroxylation sites is 2. The molecule has 2 aromatic carbocycles. The van der Waals surface area contributed by atoms with E-state index in [1.165, 1.54) is 0 Å². The molecule has 1 amide bonds. The molecule has 1 aliphatic heterocycles. The number of hydrogen-bond donors (Lipinski definition) is 2. The van der Waals surface area contributed by atoms with Gasteiger partial charge in [-0.15, -0.1) is 0 Å². The van der Waals surface area contributed by atoms with E-state index in [4.69, 9.17) is 17.3 Å². The summed E-state index contributed by atoms with van der Waals surface area (Å²) in [7, 11) is 0. The van der Waals surface area contributed by atoms with Crippen molar-refractivity contribution < 1.29 is 4.79 Å². The lowest BCUT2D eigenvalue weighted by Gasteiger charge is -2.33. The van der Waals surface area contributed by atoms with E-state index in [1.54, 1.807) is 23.0 Å². The van der Waals surface area contributed by atoms with E-state index < -0.39 is 0 Å². The van der Waals surface area contributed by atoms with Gasteiger partial charge < -0.3 is 16.0 Å². The summed E-state index contributed by atoms with van der Waals surface area (Å²) >= 11 is 6.15. The predicted molar refractivity (Wildman–Crippen MR) is 127 cm³/mol. The maximum Gasteiger partial charge on any atom is 0.274 e. The van der Waals surface area contributed by atoms with Crippen molar-refractivity contribution in [1.29, 1.82) is 0 Å². The molecule has 32 heavy (non-hydrogen) atoms. The second-order valence-corrected chi connectivity index (χ2v) is 8.38. The summed E-state index contributed by atoms with van der Waals surface area (Å²) in [6, 6.07) is 17.2. The molecular formula is C24H23ClN6O. The summed E-state index contributed by atoms with van der Waals surface area (Å²) in [6.07, 6.45) is 5.34. The van der Waals surface area contributed by atoms with Gasteiger partial charge in [0, 0.05) is 35.9 Å². The van der Waals surface area contributed by atoms with Gasteiger partial charge in [0.1, 0.15) is 5.69 Å². The summed E-state index contributed by atoms with van der Waals surface area (Å²) in [6.45, 7) is 1.74. The molecule has 0 unspecified atom stereocenters. The van der Waals surface area contributed by atoms with Crippen LogP contribution in [0.25, 0.3) is 16.8 Å². The van der Waals surface area contributed by atoms with Gasteiger partial charge in [0.05, 0.1) is 17.6 Å². The van der Waals surface area contributed by atoms with Gasteiger partial charge in [-0.25, -0.2) is 9.50 Å². The number of carbonyl (C=O) groups is 1. The maximum atomic E-state index is 13.1. The molecule has 0 atom stereocenters. The first-order valence-corrected chi connectivity index (χ1v) is 11.0. The molecule has 2 aromatic heterocycles. The number of anilines is 2. The molecule has 0 saturated carbocycles. The smallest absolute Gasteiger partial charge is 0.274 e. The number of aromatic nitrogens is 3. The quantitative estimate of drug-likeness (QED) is 0.489. The van der Waals surface area contributed by atoms with E-state index in [2.05, 4.69) is 20.3 Å². The molecule has 1 saturated heterocycles. The fourth-order valence-corrected chi connectivity index (χ4v) is 4.23. The Morgan fingerprint density at radius 2 is 1.91 bits per heavy atom. The monoisotopic (exact) mass is 446 g/mol. The van der Waals surface area contributed by atoms with Gasteiger partial charge in [0.2, 0.25) is 0 Å². The number of carbonyl (C=O) groups excluding carboxylic acids is 1. The van der Waals surface area contributed by atoms with E-state index in [0.29, 0.717) is 16.4 Å². The van der Waals surface area contributed by atoms with E-state index >= 15 is 0 Å². The third kappa shape index (κ3) is 4.04. The number of halogens is 1. The molecule has 3 heterocycles. The van der Waals surface area contributed by atoms with Crippen molar-refractivity contribution in [2.45, 2.75) is 18.9 Å². The SMILES string of the molecule is NC1CCN(c2ccccc2NC(=O)c2ccn3ncc(-c4cccc(Cl)c4)c3n2)CC1. The van der Waals surface area contributed by atoms with Crippen LogP contribution in [-0.2, 0) is 0 Å². The molecule has 7 nitrogen and oxygen atoms in total. The average Bonchev–Trinajstić information content (AvgIpc) is 3.23. The van der Waals surface area contributed by atoms with Gasteiger partial charge in [-0.1, -0.05) is 35.9 Å². The normalized spacial score (nSPS) is 14.6. The summed E-state index contributed by atoms with van der Waals surface area (Å²) < 4.78 is 1.65. The number of piperidine rings is 1. The number of nitrogens with one attached hydrogen (secondary N) is 1. The third-order valence-corrected chi connectivity index (χ3v) is 6.01. The van der Waals surface area contributed by atoms with Gasteiger partial charge in [0.15, 0.2) is 5.65 Å². The van der Waals surface area contributed by atoms with Gasteiger partial charge in [0.25, 0.3) is 5.91 Å². The number of nitrogens with zero attached hydrogens (tertiary/aromatic N) is 4. The molecule has 8 heteroatoms. The zero-order valence-electron chi connectivity index (χ0n) is 17.4. The van der Waals surface area contributed by atoms with E-state index in [-0.39, 0.29) is 11.9 Å². The van der Waals surface area contributed by atoms with Crippen LogP contribution in [0, 0.1) is 0 Å². The third-order valence-electron chi connectivity index (χ3n) is 5.77. The Kier molecular flexibility index (Phi) is 5.51. The van der Waals surface area contributed by atoms with Crippen molar-refractivity contribution in [2.24, 2.45) is 5.73 Å². The maximum absolute atomic E-state index is 13.1. The molecule has 1 fully saturated rings. The highest BCUT2D eigenvalue weighted by atomic mass is 35.5. The first kappa shape index (κ1) is 20.5. The first-order chi connectivity index (χ1) is 15.6. The molecule has 0 radical (unpaired) electrons. The highest BCUT2D eigenvalue weighted by molar-refractivity contribution is 6.30. The Bertz CT molecular complexity index is 1280. The molecule has 0 bridgehead atoms. The van der Waals surface area contributed by atoms with Crippen LogP contribution in [0.5, 0.6) is 0 Å². The molecule has 5 rings (SSSR count). The molecule has 0 aliphatic carbocycles. The lowest BCUT2D eigenvalue weighted by Crippen LogP contribution is -2.40. The largest absolute Gasteiger partial charge is 0.370 e. The number of hydrogen-bond acceptors (Lipinski definition) is 5. The summed E-state index contributed by atoms with van der Waals surface area (Å²) in [5.41, 5.74) is 10.4. The van der Waals surface area contributed by atoms with E-state index in [1.807, 2.05) is 48.5 Å². The summed E-state index contributed by atoms with van der Waals surface area (Å²) in [5.74, 6) is -0.271. The Hall–Kier alpha value is -3.42. The Balaban J connectivity index is 1.43. The number of rotatable bonds is 4. The molecule has 3 N–H and O–H groups in total. The molecule has 4 aromatic rings. The summed E-state index contributed by atoms with van der Waals surface area (Å²) in [5, 5.41) is 8.02. The van der Waals surface area contributed by atoms with Crippen LogP contribution >= 0.6 is 11.6 Å². The minimum atomic E-state index is -0.271. The van der Waals surface area contributed by atoms with Crippen LogP contribution in [0.4, 0.5) is 11.4 Å². The second-order valence-electron chi connectivity index (χ2n) is 7.95. The average molecular weight is 447 g/mol. The Morgan fingerprint density at radius 1 is 1.09 bits per heavy atom. The first-order valence-electron chi connectivity index (χ1n) is 10.6. The van der Waals surface area contributed by atoms with Crippen LogP contribution in [0.1, 0.15) is 23.3 Å². The van der Waals surface area contributed by atoms with Crippen molar-refractivity contribution in [2.75, 3.05) is 23.3 Å². The van der Waals surface area contributed by atoms with Gasteiger partial charge >= 0.3 is 0 Å². The van der Waals surface area contributed by atoms with Crippen molar-refractivity contribution in [3.8, 4) is 11.1 Å². The fourth-order valence-electron chi connectivity index (χ4n) is 4.04. The van der Waals surface area contributed by atoms with Gasteiger partial charge in [-0.05, 0) is 48.7 Å². The van der Waals surface area contributed by atoms with Crippen LogP contribution in [-0.4, -0.2) is 39.6 Å². The molecule has 162 valence electrons. The standard InChI is InChI=1S/C24H23ClN6O/c25-17-5-3-4-16(14-17)19-15-27-31-13-10-21(28-23(19)31)24(32)29-20-6-1-2-7-22(20)30-11-8-18(26)9-12-30/h1-7,10,13-15,18H,8-9,11-12,26H2,(H,29,32). The van der Waals surface area contributed by atoms with Crippen molar-refractivity contribution in [3.63, 3.8) is 0 Å². The van der Waals surface area contributed by atoms with Crippen LogP contribution in [0.2, 0.25) is 5.02 Å². The Morgan fingerprint density at radius 3 is 2.72 bits per heavy atom. The number of fused-ring (bicyclic) bond motifs is 1. The number of nitrogens with two attached hydrogens (primary N) is 1. The highest BCUT2D eigenvalue weighted by Gasteiger charge is 2.20. The molecule has 1 aliphatic rings. The topological polar surface area (TPSA) is 88.5 Å². The fraction of sp³-hybridized carbons (Fsp3) is 0.208. The summed E-state index contributed by atoms with van der Waals surface area (Å²) in [4.78, 5) is 20.0. The Labute approximate surface area is 190 Å². The van der Waals surface area contributed by atoms with Crippen molar-refractivity contribution >= 4 is 34.5 Å². The van der Waals surface area contributed by atoms with E-state index in [0.717, 1.165) is 48.4 Å². The lowest BCUT2D eigenvalue weighted by molar-refractivity contribution is 0.102. The van der Waals surface area contributed by atoms with Crippen LogP contribution in [0.15, 0.2) is 67.0 Å². The molecule has 0 spiro atoms. The van der Waals surface area contributed by atoms with E-state index in [9.17, 15) is 4.79 Å². The number of benzene rings is 2. The predicted octanol–water partition coefficient (Wildman–Crippen LogP) is 4.23.